The third-order valence-electron chi connectivity index (χ3n) is 3.44. The number of hydrogen-bond acceptors (Lipinski definition) is 5. The van der Waals surface area contributed by atoms with Crippen LogP contribution in [0.15, 0.2) is 42.5 Å². The number of esters is 1. The van der Waals surface area contributed by atoms with Crippen molar-refractivity contribution in [1.29, 1.82) is 0 Å². The average Bonchev–Trinajstić information content (AvgIpc) is 2.56. The van der Waals surface area contributed by atoms with Gasteiger partial charge in [0.05, 0.1) is 24.0 Å². The van der Waals surface area contributed by atoms with E-state index in [0.29, 0.717) is 16.8 Å². The lowest BCUT2D eigenvalue weighted by Crippen LogP contribution is -2.15. The molecule has 0 aromatic heterocycles. The molecule has 1 N–H and O–H groups in total. The molecule has 0 atom stereocenters. The summed E-state index contributed by atoms with van der Waals surface area (Å²) in [4.78, 5) is 33.8. The van der Waals surface area contributed by atoms with E-state index in [0.717, 1.165) is 5.56 Å². The Balaban J connectivity index is 2.09. The first kappa shape index (κ1) is 17.1. The van der Waals surface area contributed by atoms with Gasteiger partial charge in [-0.3, -0.25) is 14.9 Å². The second kappa shape index (κ2) is 7.36. The minimum atomic E-state index is -0.495. The molecule has 0 fully saturated rings. The standard InChI is InChI=1S/C17H16N2O5/c1-11-3-6-13(17(21)24-2)10-15(11)18-16(20)9-12-4-7-14(8-5-12)19(22)23/h3-8,10H,9H2,1-2H3,(H,18,20). The minimum Gasteiger partial charge on any atom is -0.465 e. The van der Waals surface area contributed by atoms with Gasteiger partial charge in [-0.15, -0.1) is 0 Å². The van der Waals surface area contributed by atoms with Crippen molar-refractivity contribution < 1.29 is 19.2 Å². The lowest BCUT2D eigenvalue weighted by Gasteiger charge is -2.10. The number of anilines is 1. The topological polar surface area (TPSA) is 98.5 Å². The molecule has 0 saturated heterocycles. The lowest BCUT2D eigenvalue weighted by atomic mass is 10.1. The molecule has 124 valence electrons. The second-order valence-electron chi connectivity index (χ2n) is 5.17. The van der Waals surface area contributed by atoms with Gasteiger partial charge in [0.25, 0.3) is 5.69 Å². The molecule has 0 aliphatic rings. The first-order valence-corrected chi connectivity index (χ1v) is 7.13. The fourth-order valence-corrected chi connectivity index (χ4v) is 2.12. The maximum Gasteiger partial charge on any atom is 0.337 e. The fourth-order valence-electron chi connectivity index (χ4n) is 2.12. The number of nitrogens with zero attached hydrogens (tertiary/aromatic N) is 1. The zero-order valence-corrected chi connectivity index (χ0v) is 13.2. The number of amides is 1. The zero-order valence-electron chi connectivity index (χ0n) is 13.2. The number of aryl methyl sites for hydroxylation is 1. The first-order chi connectivity index (χ1) is 11.4. The van der Waals surface area contributed by atoms with E-state index in [2.05, 4.69) is 10.1 Å². The predicted octanol–water partition coefficient (Wildman–Crippen LogP) is 2.87. The Labute approximate surface area is 138 Å². The van der Waals surface area contributed by atoms with Crippen LogP contribution in [-0.2, 0) is 16.0 Å². The van der Waals surface area contributed by atoms with Crippen LogP contribution < -0.4 is 5.32 Å². The summed E-state index contributed by atoms with van der Waals surface area (Å²) in [6, 6.07) is 10.7. The highest BCUT2D eigenvalue weighted by atomic mass is 16.6. The largest absolute Gasteiger partial charge is 0.465 e. The Hall–Kier alpha value is -3.22. The Morgan fingerprint density at radius 3 is 2.42 bits per heavy atom. The highest BCUT2D eigenvalue weighted by molar-refractivity contribution is 5.96. The molecule has 0 aliphatic carbocycles. The fraction of sp³-hybridized carbons (Fsp3) is 0.176. The molecule has 0 heterocycles. The summed E-state index contributed by atoms with van der Waals surface area (Å²) in [6.07, 6.45) is 0.0693. The molecule has 2 aromatic carbocycles. The number of methoxy groups -OCH3 is 1. The molecule has 0 bridgehead atoms. The molecule has 7 nitrogen and oxygen atoms in total. The van der Waals surface area contributed by atoms with Crippen LogP contribution in [0, 0.1) is 17.0 Å². The summed E-state index contributed by atoms with van der Waals surface area (Å²) >= 11 is 0. The van der Waals surface area contributed by atoms with E-state index < -0.39 is 10.9 Å². The van der Waals surface area contributed by atoms with Crippen molar-refractivity contribution >= 4 is 23.3 Å². The normalized spacial score (nSPS) is 10.1. The number of hydrogen-bond donors (Lipinski definition) is 1. The second-order valence-corrected chi connectivity index (χ2v) is 5.17. The van der Waals surface area contributed by atoms with E-state index in [-0.39, 0.29) is 18.0 Å². The number of carbonyl (C=O) groups is 2. The molecule has 7 heteroatoms. The van der Waals surface area contributed by atoms with Crippen LogP contribution in [0.2, 0.25) is 0 Å². The van der Waals surface area contributed by atoms with E-state index in [4.69, 9.17) is 0 Å². The van der Waals surface area contributed by atoms with E-state index in [9.17, 15) is 19.7 Å². The van der Waals surface area contributed by atoms with Crippen LogP contribution in [0.25, 0.3) is 0 Å². The number of nitrogens with one attached hydrogen (secondary N) is 1. The number of rotatable bonds is 5. The van der Waals surface area contributed by atoms with Gasteiger partial charge in [0.1, 0.15) is 0 Å². The number of ether oxygens (including phenoxy) is 1. The van der Waals surface area contributed by atoms with Gasteiger partial charge < -0.3 is 10.1 Å². The lowest BCUT2D eigenvalue weighted by molar-refractivity contribution is -0.384. The predicted molar refractivity (Wildman–Crippen MR) is 87.9 cm³/mol. The first-order valence-electron chi connectivity index (χ1n) is 7.13. The van der Waals surface area contributed by atoms with Crippen molar-refractivity contribution in [1.82, 2.24) is 0 Å². The van der Waals surface area contributed by atoms with Gasteiger partial charge in [0, 0.05) is 17.8 Å². The van der Waals surface area contributed by atoms with Gasteiger partial charge in [-0.1, -0.05) is 18.2 Å². The number of non-ortho nitro benzene ring substituents is 1. The van der Waals surface area contributed by atoms with E-state index in [1.54, 1.807) is 18.2 Å². The number of benzene rings is 2. The summed E-state index contributed by atoms with van der Waals surface area (Å²) in [5.74, 6) is -0.769. The molecule has 1 amide bonds. The number of nitro groups is 1. The Morgan fingerprint density at radius 2 is 1.83 bits per heavy atom. The molecule has 0 radical (unpaired) electrons. The summed E-state index contributed by atoms with van der Waals surface area (Å²) < 4.78 is 4.66. The van der Waals surface area contributed by atoms with E-state index >= 15 is 0 Å². The van der Waals surface area contributed by atoms with Crippen molar-refractivity contribution in [3.63, 3.8) is 0 Å². The van der Waals surface area contributed by atoms with Gasteiger partial charge in [-0.2, -0.15) is 0 Å². The van der Waals surface area contributed by atoms with Crippen molar-refractivity contribution in [3.05, 3.63) is 69.3 Å². The van der Waals surface area contributed by atoms with Gasteiger partial charge in [0.2, 0.25) is 5.91 Å². The Bertz CT molecular complexity index is 784. The van der Waals surface area contributed by atoms with Gasteiger partial charge in [-0.05, 0) is 30.2 Å². The molecular formula is C17H16N2O5. The van der Waals surface area contributed by atoms with Crippen molar-refractivity contribution in [3.8, 4) is 0 Å². The summed E-state index contributed by atoms with van der Waals surface area (Å²) in [5, 5.41) is 13.3. The van der Waals surface area contributed by atoms with Crippen molar-refractivity contribution in [2.24, 2.45) is 0 Å². The van der Waals surface area contributed by atoms with Crippen molar-refractivity contribution in [2.45, 2.75) is 13.3 Å². The van der Waals surface area contributed by atoms with Crippen molar-refractivity contribution in [2.75, 3.05) is 12.4 Å². The highest BCUT2D eigenvalue weighted by Crippen LogP contribution is 2.18. The summed E-state index contributed by atoms with van der Waals surface area (Å²) in [7, 11) is 1.29. The van der Waals surface area contributed by atoms with Crippen LogP contribution in [0.4, 0.5) is 11.4 Å². The van der Waals surface area contributed by atoms with Crippen LogP contribution in [0.1, 0.15) is 21.5 Å². The van der Waals surface area contributed by atoms with Gasteiger partial charge in [0.15, 0.2) is 0 Å². The quantitative estimate of drug-likeness (QED) is 0.517. The Morgan fingerprint density at radius 1 is 1.17 bits per heavy atom. The number of nitro benzene ring substituents is 1. The highest BCUT2D eigenvalue weighted by Gasteiger charge is 2.11. The molecular weight excluding hydrogens is 312 g/mol. The maximum absolute atomic E-state index is 12.1. The molecule has 24 heavy (non-hydrogen) atoms. The number of carbonyl (C=O) groups excluding carboxylic acids is 2. The zero-order chi connectivity index (χ0) is 17.7. The molecule has 0 unspecified atom stereocenters. The molecule has 0 saturated carbocycles. The van der Waals surface area contributed by atoms with E-state index in [1.165, 1.54) is 31.4 Å². The monoisotopic (exact) mass is 328 g/mol. The average molecular weight is 328 g/mol. The van der Waals surface area contributed by atoms with Gasteiger partial charge >= 0.3 is 5.97 Å². The molecule has 0 aliphatic heterocycles. The van der Waals surface area contributed by atoms with Crippen LogP contribution in [0.5, 0.6) is 0 Å². The smallest absolute Gasteiger partial charge is 0.337 e. The maximum atomic E-state index is 12.1. The van der Waals surface area contributed by atoms with Gasteiger partial charge in [-0.25, -0.2) is 4.79 Å². The third kappa shape index (κ3) is 4.16. The summed E-state index contributed by atoms with van der Waals surface area (Å²) in [5.41, 5.74) is 2.29. The van der Waals surface area contributed by atoms with Crippen LogP contribution in [0.3, 0.4) is 0 Å². The molecule has 0 spiro atoms. The minimum absolute atomic E-state index is 0.0271. The third-order valence-corrected chi connectivity index (χ3v) is 3.44. The van der Waals surface area contributed by atoms with E-state index in [1.807, 2.05) is 6.92 Å². The summed E-state index contributed by atoms with van der Waals surface area (Å²) in [6.45, 7) is 1.81. The Kier molecular flexibility index (Phi) is 5.26. The van der Waals surface area contributed by atoms with Crippen LogP contribution >= 0.6 is 0 Å². The SMILES string of the molecule is COC(=O)c1ccc(C)c(NC(=O)Cc2ccc([N+](=O)[O-])cc2)c1. The van der Waals surface area contributed by atoms with Crippen LogP contribution in [-0.4, -0.2) is 23.9 Å². The molecule has 2 rings (SSSR count). The molecule has 2 aromatic rings.